The predicted molar refractivity (Wildman–Crippen MR) is 50.5 cm³/mol. The van der Waals surface area contributed by atoms with E-state index >= 15 is 0 Å². The Labute approximate surface area is 74.6 Å². The minimum absolute atomic E-state index is 0.915. The quantitative estimate of drug-likeness (QED) is 0.514. The van der Waals surface area contributed by atoms with Crippen LogP contribution in [0.3, 0.4) is 0 Å². The molecule has 0 aliphatic carbocycles. The maximum atomic E-state index is 4.37. The van der Waals surface area contributed by atoms with Gasteiger partial charge in [0.2, 0.25) is 0 Å². The van der Waals surface area contributed by atoms with Crippen molar-refractivity contribution >= 4 is 16.6 Å². The Balaban J connectivity index is 2.64. The molecule has 2 heterocycles. The van der Waals surface area contributed by atoms with Crippen molar-refractivity contribution in [2.75, 3.05) is 0 Å². The Morgan fingerprint density at radius 2 is 2.00 bits per heavy atom. The molecule has 0 fully saturated rings. The fraction of sp³-hybridized carbons (Fsp3) is 0. The summed E-state index contributed by atoms with van der Waals surface area (Å²) in [6, 6.07) is 9.88. The fourth-order valence-electron chi connectivity index (χ4n) is 1.50. The molecule has 0 aliphatic heterocycles. The molecule has 0 saturated carbocycles. The molecule has 0 bridgehead atoms. The van der Waals surface area contributed by atoms with Gasteiger partial charge in [0.15, 0.2) is 5.65 Å². The molecule has 0 atom stereocenters. The third kappa shape index (κ3) is 0.839. The smallest absolute Gasteiger partial charge is 0.162 e. The van der Waals surface area contributed by atoms with Gasteiger partial charge in [-0.25, -0.2) is 9.50 Å². The summed E-state index contributed by atoms with van der Waals surface area (Å²) >= 11 is 0. The Hall–Kier alpha value is -1.90. The molecule has 62 valence electrons. The fourth-order valence-corrected chi connectivity index (χ4v) is 1.50. The van der Waals surface area contributed by atoms with E-state index in [0.29, 0.717) is 0 Å². The minimum atomic E-state index is 0.915. The molecule has 2 aromatic heterocycles. The highest BCUT2D eigenvalue weighted by Crippen LogP contribution is 2.15. The highest BCUT2D eigenvalue weighted by molar-refractivity contribution is 5.91. The van der Waals surface area contributed by atoms with Crippen molar-refractivity contribution < 1.29 is 0 Å². The van der Waals surface area contributed by atoms with Crippen molar-refractivity contribution in [3.05, 3.63) is 42.7 Å². The molecule has 0 amide bonds. The van der Waals surface area contributed by atoms with Crippen LogP contribution in [0.4, 0.5) is 0 Å². The third-order valence-corrected chi connectivity index (χ3v) is 2.09. The van der Waals surface area contributed by atoms with Gasteiger partial charge >= 0.3 is 0 Å². The Kier molecular flexibility index (Phi) is 1.16. The molecule has 3 aromatic rings. The number of aromatic nitrogens is 3. The van der Waals surface area contributed by atoms with Gasteiger partial charge < -0.3 is 0 Å². The minimum Gasteiger partial charge on any atom is -0.236 e. The van der Waals surface area contributed by atoms with E-state index in [2.05, 4.69) is 10.1 Å². The molecular weight excluding hydrogens is 162 g/mol. The van der Waals surface area contributed by atoms with Crippen LogP contribution in [0.1, 0.15) is 0 Å². The van der Waals surface area contributed by atoms with Gasteiger partial charge in [-0.05, 0) is 18.2 Å². The average Bonchev–Trinajstić information content (AvgIpc) is 2.56. The number of hydrogen-bond acceptors (Lipinski definition) is 2. The van der Waals surface area contributed by atoms with Crippen LogP contribution in [-0.4, -0.2) is 14.6 Å². The van der Waals surface area contributed by atoms with Gasteiger partial charge in [0.25, 0.3) is 0 Å². The average molecular weight is 169 g/mol. The van der Waals surface area contributed by atoms with E-state index in [-0.39, 0.29) is 0 Å². The van der Waals surface area contributed by atoms with Crippen molar-refractivity contribution in [1.29, 1.82) is 0 Å². The summed E-state index contributed by atoms with van der Waals surface area (Å²) in [7, 11) is 0. The Bertz CT molecular complexity index is 518. The second-order valence-electron chi connectivity index (χ2n) is 2.91. The first-order valence-electron chi connectivity index (χ1n) is 4.13. The van der Waals surface area contributed by atoms with Gasteiger partial charge in [-0.1, -0.05) is 12.1 Å². The number of benzene rings is 1. The normalized spacial score (nSPS) is 11.1. The van der Waals surface area contributed by atoms with E-state index in [9.17, 15) is 0 Å². The first-order valence-corrected chi connectivity index (χ1v) is 4.13. The molecule has 3 nitrogen and oxygen atoms in total. The van der Waals surface area contributed by atoms with Crippen molar-refractivity contribution in [3.8, 4) is 0 Å². The van der Waals surface area contributed by atoms with E-state index in [4.69, 9.17) is 0 Å². The molecule has 3 heteroatoms. The van der Waals surface area contributed by atoms with Gasteiger partial charge in [0.1, 0.15) is 0 Å². The summed E-state index contributed by atoms with van der Waals surface area (Å²) < 4.78 is 1.80. The van der Waals surface area contributed by atoms with Gasteiger partial charge in [-0.3, -0.25) is 0 Å². The molecule has 0 aliphatic rings. The largest absolute Gasteiger partial charge is 0.236 e. The lowest BCUT2D eigenvalue weighted by Crippen LogP contribution is -1.85. The van der Waals surface area contributed by atoms with Crippen LogP contribution < -0.4 is 0 Å². The second-order valence-corrected chi connectivity index (χ2v) is 2.91. The van der Waals surface area contributed by atoms with Crippen LogP contribution in [0.5, 0.6) is 0 Å². The summed E-state index contributed by atoms with van der Waals surface area (Å²) in [5, 5.41) is 5.47. The third-order valence-electron chi connectivity index (χ3n) is 2.09. The van der Waals surface area contributed by atoms with Gasteiger partial charge in [-0.15, -0.1) is 0 Å². The van der Waals surface area contributed by atoms with E-state index in [0.717, 1.165) is 16.6 Å². The number of fused-ring (bicyclic) bond motifs is 3. The van der Waals surface area contributed by atoms with Crippen LogP contribution in [0.15, 0.2) is 42.7 Å². The number of nitrogens with zero attached hydrogens (tertiary/aromatic N) is 3. The van der Waals surface area contributed by atoms with Crippen molar-refractivity contribution in [3.63, 3.8) is 0 Å². The van der Waals surface area contributed by atoms with Crippen LogP contribution in [-0.2, 0) is 0 Å². The lowest BCUT2D eigenvalue weighted by Gasteiger charge is -1.87. The zero-order valence-corrected chi connectivity index (χ0v) is 6.88. The van der Waals surface area contributed by atoms with E-state index in [1.54, 1.807) is 10.7 Å². The highest BCUT2D eigenvalue weighted by Gasteiger charge is 2.02. The first-order chi connectivity index (χ1) is 6.45. The topological polar surface area (TPSA) is 30.2 Å². The molecular formula is C10H7N3. The van der Waals surface area contributed by atoms with Crippen molar-refractivity contribution in [2.24, 2.45) is 0 Å². The molecule has 0 saturated heterocycles. The molecule has 0 N–H and O–H groups in total. The zero-order valence-electron chi connectivity index (χ0n) is 6.88. The van der Waals surface area contributed by atoms with E-state index in [1.807, 2.05) is 36.5 Å². The maximum Gasteiger partial charge on any atom is 0.162 e. The molecule has 0 spiro atoms. The van der Waals surface area contributed by atoms with Crippen LogP contribution in [0, 0.1) is 0 Å². The van der Waals surface area contributed by atoms with Gasteiger partial charge in [-0.2, -0.15) is 5.10 Å². The molecule has 13 heavy (non-hydrogen) atoms. The maximum absolute atomic E-state index is 4.37. The molecule has 0 radical (unpaired) electrons. The number of rotatable bonds is 0. The summed E-state index contributed by atoms with van der Waals surface area (Å²) in [6.45, 7) is 0. The summed E-state index contributed by atoms with van der Waals surface area (Å²) in [5.41, 5.74) is 1.90. The van der Waals surface area contributed by atoms with Gasteiger partial charge in [0, 0.05) is 17.8 Å². The number of hydrogen-bond donors (Lipinski definition) is 0. The van der Waals surface area contributed by atoms with Crippen LogP contribution >= 0.6 is 0 Å². The Morgan fingerprint density at radius 3 is 3.00 bits per heavy atom. The SMILES string of the molecule is c1ccc2c(c1)nn1cccnc21. The summed E-state index contributed by atoms with van der Waals surface area (Å²) in [6.07, 6.45) is 3.69. The Morgan fingerprint density at radius 1 is 1.08 bits per heavy atom. The lowest BCUT2D eigenvalue weighted by atomic mass is 10.2. The summed E-state index contributed by atoms with van der Waals surface area (Å²) in [5.74, 6) is 0. The molecule has 0 unspecified atom stereocenters. The zero-order chi connectivity index (χ0) is 8.67. The van der Waals surface area contributed by atoms with Crippen LogP contribution in [0.25, 0.3) is 16.6 Å². The lowest BCUT2D eigenvalue weighted by molar-refractivity contribution is 0.957. The van der Waals surface area contributed by atoms with E-state index < -0.39 is 0 Å². The first kappa shape index (κ1) is 6.60. The van der Waals surface area contributed by atoms with Crippen LogP contribution in [0.2, 0.25) is 0 Å². The predicted octanol–water partition coefficient (Wildman–Crippen LogP) is 1.88. The van der Waals surface area contributed by atoms with Gasteiger partial charge in [0.05, 0.1) is 5.52 Å². The molecule has 1 aromatic carbocycles. The van der Waals surface area contributed by atoms with Crippen molar-refractivity contribution in [1.82, 2.24) is 14.6 Å². The van der Waals surface area contributed by atoms with E-state index in [1.165, 1.54) is 0 Å². The molecule has 3 rings (SSSR count). The monoisotopic (exact) mass is 169 g/mol. The second kappa shape index (κ2) is 2.29. The van der Waals surface area contributed by atoms with Crippen molar-refractivity contribution in [2.45, 2.75) is 0 Å². The standard InChI is InChI=1S/C10H7N3/c1-2-5-9-8(4-1)10-11-6-3-7-13(10)12-9/h1-7H. The highest BCUT2D eigenvalue weighted by atomic mass is 15.2. The summed E-state index contributed by atoms with van der Waals surface area (Å²) in [4.78, 5) is 4.27.